The van der Waals surface area contributed by atoms with Crippen LogP contribution in [0.25, 0.3) is 0 Å². The smallest absolute Gasteiger partial charge is 0.244 e. The van der Waals surface area contributed by atoms with E-state index in [1.54, 1.807) is 12.2 Å². The summed E-state index contributed by atoms with van der Waals surface area (Å²) in [4.78, 5) is 10.6. The summed E-state index contributed by atoms with van der Waals surface area (Å²) >= 11 is 0. The largest absolute Gasteiger partial charge is 0.366 e. The monoisotopic (exact) mass is 139 g/mol. The number of primary amides is 1. The van der Waals surface area contributed by atoms with E-state index in [0.29, 0.717) is 12.0 Å². The van der Waals surface area contributed by atoms with Gasteiger partial charge in [-0.1, -0.05) is 12.2 Å². The van der Waals surface area contributed by atoms with E-state index in [1.807, 2.05) is 6.92 Å². The van der Waals surface area contributed by atoms with Gasteiger partial charge < -0.3 is 5.73 Å². The van der Waals surface area contributed by atoms with Gasteiger partial charge in [-0.25, -0.2) is 0 Å². The Kier molecular flexibility index (Phi) is 4.29. The number of hydrogen-bond donors (Lipinski definition) is 1. The molecule has 2 heteroatoms. The fourth-order valence-electron chi connectivity index (χ4n) is 0.667. The van der Waals surface area contributed by atoms with Crippen LogP contribution in [0.4, 0.5) is 0 Å². The van der Waals surface area contributed by atoms with Crippen molar-refractivity contribution in [3.05, 3.63) is 24.3 Å². The first-order valence-electron chi connectivity index (χ1n) is 3.28. The zero-order chi connectivity index (χ0) is 7.98. The fraction of sp³-hybridized carbons (Fsp3) is 0.375. The number of nitrogens with two attached hydrogens (primary N) is 1. The van der Waals surface area contributed by atoms with Crippen LogP contribution in [0, 0.1) is 0 Å². The van der Waals surface area contributed by atoms with Gasteiger partial charge in [0.15, 0.2) is 0 Å². The van der Waals surface area contributed by atoms with Gasteiger partial charge in [0, 0.05) is 5.57 Å². The number of rotatable bonds is 4. The van der Waals surface area contributed by atoms with Crippen molar-refractivity contribution in [1.29, 1.82) is 0 Å². The minimum absolute atomic E-state index is 0.329. The average Bonchev–Trinajstić information content (AvgIpc) is 1.89. The molecule has 56 valence electrons. The topological polar surface area (TPSA) is 43.1 Å². The molecule has 0 rings (SSSR count). The van der Waals surface area contributed by atoms with E-state index in [4.69, 9.17) is 5.73 Å². The Morgan fingerprint density at radius 3 is 2.60 bits per heavy atom. The molecule has 0 unspecified atom stereocenters. The zero-order valence-corrected chi connectivity index (χ0v) is 6.26. The minimum atomic E-state index is -0.329. The van der Waals surface area contributed by atoms with Crippen molar-refractivity contribution in [2.75, 3.05) is 0 Å². The van der Waals surface area contributed by atoms with Crippen molar-refractivity contribution in [3.63, 3.8) is 0 Å². The van der Waals surface area contributed by atoms with Crippen LogP contribution in [-0.4, -0.2) is 5.91 Å². The van der Waals surface area contributed by atoms with Crippen LogP contribution in [0.3, 0.4) is 0 Å². The highest BCUT2D eigenvalue weighted by atomic mass is 16.1. The van der Waals surface area contributed by atoms with Crippen molar-refractivity contribution >= 4 is 5.91 Å². The Morgan fingerprint density at radius 1 is 1.70 bits per heavy atom. The molecule has 0 aromatic rings. The number of allylic oxidation sites excluding steroid dienone is 2. The van der Waals surface area contributed by atoms with Gasteiger partial charge in [0.05, 0.1) is 0 Å². The first-order valence-corrected chi connectivity index (χ1v) is 3.28. The molecule has 2 nitrogen and oxygen atoms in total. The molecule has 0 aromatic carbocycles. The lowest BCUT2D eigenvalue weighted by molar-refractivity contribution is -0.114. The summed E-state index contributed by atoms with van der Waals surface area (Å²) in [5, 5.41) is 0. The van der Waals surface area contributed by atoms with Gasteiger partial charge in [-0.3, -0.25) is 4.79 Å². The normalized spacial score (nSPS) is 11.1. The molecular formula is C8H13NO. The van der Waals surface area contributed by atoms with E-state index in [2.05, 4.69) is 6.58 Å². The number of carbonyl (C=O) groups is 1. The zero-order valence-electron chi connectivity index (χ0n) is 6.26. The molecule has 0 saturated carbocycles. The molecule has 0 bridgehead atoms. The van der Waals surface area contributed by atoms with Gasteiger partial charge >= 0.3 is 0 Å². The Hall–Kier alpha value is -1.05. The molecule has 0 saturated heterocycles. The highest BCUT2D eigenvalue weighted by Crippen LogP contribution is 2.03. The highest BCUT2D eigenvalue weighted by molar-refractivity contribution is 5.91. The van der Waals surface area contributed by atoms with Crippen molar-refractivity contribution in [3.8, 4) is 0 Å². The van der Waals surface area contributed by atoms with Gasteiger partial charge in [0.2, 0.25) is 5.91 Å². The van der Waals surface area contributed by atoms with Crippen LogP contribution < -0.4 is 5.73 Å². The van der Waals surface area contributed by atoms with Gasteiger partial charge in [-0.05, 0) is 19.8 Å². The molecule has 0 spiro atoms. The maximum Gasteiger partial charge on any atom is 0.244 e. The summed E-state index contributed by atoms with van der Waals surface area (Å²) in [7, 11) is 0. The molecule has 0 aromatic heterocycles. The third kappa shape index (κ3) is 3.07. The molecule has 0 heterocycles. The number of carbonyl (C=O) groups excluding carboxylic acids is 1. The van der Waals surface area contributed by atoms with Crippen molar-refractivity contribution in [2.24, 2.45) is 5.73 Å². The molecular weight excluding hydrogens is 126 g/mol. The first kappa shape index (κ1) is 8.95. The Balaban J connectivity index is 3.85. The van der Waals surface area contributed by atoms with E-state index in [1.165, 1.54) is 0 Å². The lowest BCUT2D eigenvalue weighted by Gasteiger charge is -1.97. The number of amides is 1. The van der Waals surface area contributed by atoms with Crippen molar-refractivity contribution in [2.45, 2.75) is 19.8 Å². The molecule has 0 fully saturated rings. The molecule has 0 aliphatic rings. The van der Waals surface area contributed by atoms with Gasteiger partial charge in [0.1, 0.15) is 0 Å². The van der Waals surface area contributed by atoms with Gasteiger partial charge in [-0.15, -0.1) is 6.58 Å². The summed E-state index contributed by atoms with van der Waals surface area (Å²) in [6, 6.07) is 0. The maximum atomic E-state index is 10.6. The molecule has 2 N–H and O–H groups in total. The van der Waals surface area contributed by atoms with E-state index >= 15 is 0 Å². The second-order valence-electron chi connectivity index (χ2n) is 2.01. The summed E-state index contributed by atoms with van der Waals surface area (Å²) < 4.78 is 0. The lowest BCUT2D eigenvalue weighted by atomic mass is 10.1. The molecule has 1 amide bonds. The quantitative estimate of drug-likeness (QED) is 0.464. The van der Waals surface area contributed by atoms with E-state index in [0.717, 1.165) is 6.42 Å². The molecule has 0 aliphatic carbocycles. The highest BCUT2D eigenvalue weighted by Gasteiger charge is 1.99. The second kappa shape index (κ2) is 4.79. The minimum Gasteiger partial charge on any atom is -0.366 e. The summed E-state index contributed by atoms with van der Waals surface area (Å²) in [6.07, 6.45) is 5.02. The molecule has 0 atom stereocenters. The van der Waals surface area contributed by atoms with Crippen LogP contribution in [0.1, 0.15) is 19.8 Å². The van der Waals surface area contributed by atoms with Crippen LogP contribution in [-0.2, 0) is 4.79 Å². The fourth-order valence-corrected chi connectivity index (χ4v) is 0.667. The van der Waals surface area contributed by atoms with Crippen LogP contribution in [0.5, 0.6) is 0 Å². The number of hydrogen-bond acceptors (Lipinski definition) is 1. The van der Waals surface area contributed by atoms with Crippen molar-refractivity contribution < 1.29 is 4.79 Å². The van der Waals surface area contributed by atoms with Crippen LogP contribution >= 0.6 is 0 Å². The van der Waals surface area contributed by atoms with Crippen molar-refractivity contribution in [1.82, 2.24) is 0 Å². The van der Waals surface area contributed by atoms with Gasteiger partial charge in [0.25, 0.3) is 0 Å². The lowest BCUT2D eigenvalue weighted by Crippen LogP contribution is -2.13. The summed E-state index contributed by atoms with van der Waals surface area (Å²) in [5.74, 6) is -0.329. The summed E-state index contributed by atoms with van der Waals surface area (Å²) in [5.41, 5.74) is 5.73. The SMILES string of the molecule is C=CCC/C(=C\C)C(N)=O. The van der Waals surface area contributed by atoms with E-state index < -0.39 is 0 Å². The Bertz CT molecular complexity index is 159. The standard InChI is InChI=1S/C8H13NO/c1-3-5-6-7(4-2)8(9)10/h3-4H,1,5-6H2,2H3,(H2,9,10)/b7-4+. The van der Waals surface area contributed by atoms with Gasteiger partial charge in [-0.2, -0.15) is 0 Å². The summed E-state index contributed by atoms with van der Waals surface area (Å²) in [6.45, 7) is 5.36. The predicted octanol–water partition coefficient (Wildman–Crippen LogP) is 1.38. The van der Waals surface area contributed by atoms with E-state index in [9.17, 15) is 4.79 Å². The first-order chi connectivity index (χ1) is 4.72. The molecule has 10 heavy (non-hydrogen) atoms. The Labute approximate surface area is 61.4 Å². The third-order valence-corrected chi connectivity index (χ3v) is 1.28. The van der Waals surface area contributed by atoms with E-state index in [-0.39, 0.29) is 5.91 Å². The predicted molar refractivity (Wildman–Crippen MR) is 42.4 cm³/mol. The Morgan fingerprint density at radius 2 is 2.30 bits per heavy atom. The maximum absolute atomic E-state index is 10.6. The van der Waals surface area contributed by atoms with Crippen LogP contribution in [0.2, 0.25) is 0 Å². The van der Waals surface area contributed by atoms with Crippen LogP contribution in [0.15, 0.2) is 24.3 Å². The second-order valence-corrected chi connectivity index (χ2v) is 2.01. The average molecular weight is 139 g/mol. The third-order valence-electron chi connectivity index (χ3n) is 1.28. The molecule has 0 aliphatic heterocycles. The molecule has 0 radical (unpaired) electrons.